The average molecular weight is 224 g/mol. The van der Waals surface area contributed by atoms with E-state index in [2.05, 4.69) is 4.74 Å². The molecule has 2 aliphatic rings. The molecule has 4 nitrogen and oxygen atoms in total. The molecule has 0 saturated heterocycles. The van der Waals surface area contributed by atoms with Crippen LogP contribution in [0.25, 0.3) is 0 Å². The number of carbonyl (C=O) groups is 2. The Morgan fingerprint density at radius 1 is 1.50 bits per heavy atom. The van der Waals surface area contributed by atoms with Crippen molar-refractivity contribution in [3.05, 3.63) is 11.6 Å². The molecule has 0 aromatic heterocycles. The van der Waals surface area contributed by atoms with Crippen molar-refractivity contribution in [2.75, 3.05) is 7.11 Å². The highest BCUT2D eigenvalue weighted by Crippen LogP contribution is 2.53. The van der Waals surface area contributed by atoms with E-state index in [9.17, 15) is 14.7 Å². The summed E-state index contributed by atoms with van der Waals surface area (Å²) in [7, 11) is 1.29. The van der Waals surface area contributed by atoms with Gasteiger partial charge in [-0.15, -0.1) is 0 Å². The molecule has 0 amide bonds. The number of aliphatic hydroxyl groups is 1. The molecule has 0 heterocycles. The van der Waals surface area contributed by atoms with Crippen molar-refractivity contribution in [1.29, 1.82) is 0 Å². The van der Waals surface area contributed by atoms with Crippen LogP contribution in [-0.4, -0.2) is 29.6 Å². The minimum Gasteiger partial charge on any atom is -0.466 e. The van der Waals surface area contributed by atoms with Crippen LogP contribution >= 0.6 is 0 Å². The van der Waals surface area contributed by atoms with Crippen LogP contribution in [0.4, 0.5) is 0 Å². The van der Waals surface area contributed by atoms with Crippen molar-refractivity contribution in [3.8, 4) is 0 Å². The van der Waals surface area contributed by atoms with Gasteiger partial charge in [0.1, 0.15) is 11.4 Å². The summed E-state index contributed by atoms with van der Waals surface area (Å²) in [5, 5.41) is 10.6. The van der Waals surface area contributed by atoms with E-state index in [1.165, 1.54) is 7.11 Å². The molecule has 0 unspecified atom stereocenters. The molecule has 88 valence electrons. The van der Waals surface area contributed by atoms with Gasteiger partial charge in [0.2, 0.25) is 0 Å². The number of Topliss-reactive ketones (excluding diaryl/α,β-unsaturated/α-hetero) is 1. The maximum absolute atomic E-state index is 11.9. The van der Waals surface area contributed by atoms with Crippen LogP contribution in [0.15, 0.2) is 11.6 Å². The Labute approximate surface area is 94.3 Å². The van der Waals surface area contributed by atoms with Crippen molar-refractivity contribution in [3.63, 3.8) is 0 Å². The molecular formula is C12H16O4. The summed E-state index contributed by atoms with van der Waals surface area (Å²) in [6.07, 6.45) is 3.59. The number of allylic oxidation sites excluding steroid dienone is 1. The number of ether oxygens (including phenoxy) is 1. The number of carbonyl (C=O) groups excluding carboxylic acids is 2. The Morgan fingerprint density at radius 2 is 2.19 bits per heavy atom. The lowest BCUT2D eigenvalue weighted by Crippen LogP contribution is -2.50. The van der Waals surface area contributed by atoms with Crippen LogP contribution in [0.1, 0.15) is 32.6 Å². The van der Waals surface area contributed by atoms with Crippen LogP contribution in [0.5, 0.6) is 0 Å². The molecule has 0 bridgehead atoms. The van der Waals surface area contributed by atoms with Crippen LogP contribution in [0.3, 0.4) is 0 Å². The largest absolute Gasteiger partial charge is 0.466 e. The van der Waals surface area contributed by atoms with Gasteiger partial charge in [0, 0.05) is 6.42 Å². The Balaban J connectivity index is 2.47. The lowest BCUT2D eigenvalue weighted by molar-refractivity contribution is -0.144. The van der Waals surface area contributed by atoms with Gasteiger partial charge in [0.15, 0.2) is 0 Å². The number of hydrogen-bond donors (Lipinski definition) is 1. The van der Waals surface area contributed by atoms with Crippen molar-refractivity contribution >= 4 is 11.8 Å². The summed E-state index contributed by atoms with van der Waals surface area (Å²) in [4.78, 5) is 23.5. The normalized spacial score (nSPS) is 37.9. The van der Waals surface area contributed by atoms with E-state index in [4.69, 9.17) is 0 Å². The molecule has 2 aliphatic carbocycles. The molecule has 0 aromatic rings. The van der Waals surface area contributed by atoms with Crippen LogP contribution in [-0.2, 0) is 14.3 Å². The zero-order valence-electron chi connectivity index (χ0n) is 9.58. The lowest BCUT2D eigenvalue weighted by Gasteiger charge is -2.41. The molecule has 0 aliphatic heterocycles. The molecular weight excluding hydrogens is 208 g/mol. The molecule has 0 aromatic carbocycles. The van der Waals surface area contributed by atoms with Gasteiger partial charge in [-0.3, -0.25) is 4.79 Å². The maximum atomic E-state index is 11.9. The van der Waals surface area contributed by atoms with Gasteiger partial charge in [-0.1, -0.05) is 6.08 Å². The van der Waals surface area contributed by atoms with E-state index in [-0.39, 0.29) is 11.4 Å². The van der Waals surface area contributed by atoms with Crippen molar-refractivity contribution in [2.45, 2.75) is 38.2 Å². The van der Waals surface area contributed by atoms with Gasteiger partial charge < -0.3 is 9.84 Å². The van der Waals surface area contributed by atoms with Crippen molar-refractivity contribution in [2.24, 2.45) is 5.41 Å². The Hall–Kier alpha value is -1.16. The summed E-state index contributed by atoms with van der Waals surface area (Å²) < 4.78 is 4.66. The number of hydrogen-bond acceptors (Lipinski definition) is 4. The predicted octanol–water partition coefficient (Wildman–Crippen LogP) is 0.980. The molecule has 1 saturated carbocycles. The van der Waals surface area contributed by atoms with E-state index < -0.39 is 17.0 Å². The fourth-order valence-corrected chi connectivity index (χ4v) is 2.89. The van der Waals surface area contributed by atoms with Crippen molar-refractivity contribution < 1.29 is 19.4 Å². The highest BCUT2D eigenvalue weighted by molar-refractivity contribution is 5.97. The molecule has 16 heavy (non-hydrogen) atoms. The maximum Gasteiger partial charge on any atom is 0.336 e. The molecule has 0 spiro atoms. The van der Waals surface area contributed by atoms with E-state index in [1.807, 2.05) is 0 Å². The van der Waals surface area contributed by atoms with E-state index in [0.717, 1.165) is 0 Å². The number of rotatable bonds is 1. The van der Waals surface area contributed by atoms with Gasteiger partial charge in [0.05, 0.1) is 18.1 Å². The minimum atomic E-state index is -1.32. The van der Waals surface area contributed by atoms with E-state index in [1.54, 1.807) is 13.0 Å². The van der Waals surface area contributed by atoms with Gasteiger partial charge >= 0.3 is 5.97 Å². The lowest BCUT2D eigenvalue weighted by atomic mass is 9.65. The molecule has 0 radical (unpaired) electrons. The van der Waals surface area contributed by atoms with E-state index in [0.29, 0.717) is 25.7 Å². The Morgan fingerprint density at radius 3 is 2.81 bits per heavy atom. The minimum absolute atomic E-state index is 0.0458. The zero-order valence-corrected chi connectivity index (χ0v) is 9.58. The molecule has 1 N–H and O–H groups in total. The number of ketones is 1. The van der Waals surface area contributed by atoms with Gasteiger partial charge in [-0.2, -0.15) is 0 Å². The molecule has 1 fully saturated rings. The standard InChI is InChI=1S/C12H16O4/c1-11-6-3-4-8(10(14)16-2)12(11,15)7-5-9(11)13/h4,15H,3,5-7H2,1-2H3/t11-,12+/m1/s1. The molecule has 2 rings (SSSR count). The predicted molar refractivity (Wildman–Crippen MR) is 56.6 cm³/mol. The first kappa shape index (κ1) is 11.3. The Kier molecular flexibility index (Phi) is 2.42. The summed E-state index contributed by atoms with van der Waals surface area (Å²) in [6.45, 7) is 1.75. The highest BCUT2D eigenvalue weighted by atomic mass is 16.5. The van der Waals surface area contributed by atoms with Gasteiger partial charge in [-0.25, -0.2) is 4.79 Å². The topological polar surface area (TPSA) is 63.6 Å². The SMILES string of the molecule is COC(=O)C1=CCC[C@]2(C)C(=O)CC[C@]12O. The monoisotopic (exact) mass is 224 g/mol. The fourth-order valence-electron chi connectivity index (χ4n) is 2.89. The third-order valence-corrected chi connectivity index (χ3v) is 4.09. The number of methoxy groups -OCH3 is 1. The second kappa shape index (κ2) is 3.42. The van der Waals surface area contributed by atoms with Crippen LogP contribution in [0, 0.1) is 5.41 Å². The average Bonchev–Trinajstić information content (AvgIpc) is 2.51. The van der Waals surface area contributed by atoms with Gasteiger partial charge in [-0.05, 0) is 26.2 Å². The van der Waals surface area contributed by atoms with Crippen molar-refractivity contribution in [1.82, 2.24) is 0 Å². The first-order valence-corrected chi connectivity index (χ1v) is 5.50. The molecule has 2 atom stereocenters. The third-order valence-electron chi connectivity index (χ3n) is 4.09. The van der Waals surface area contributed by atoms with Crippen LogP contribution < -0.4 is 0 Å². The van der Waals surface area contributed by atoms with Gasteiger partial charge in [0.25, 0.3) is 0 Å². The highest BCUT2D eigenvalue weighted by Gasteiger charge is 2.60. The first-order valence-electron chi connectivity index (χ1n) is 5.50. The first-order chi connectivity index (χ1) is 7.45. The quantitative estimate of drug-likeness (QED) is 0.674. The second-order valence-electron chi connectivity index (χ2n) is 4.76. The second-order valence-corrected chi connectivity index (χ2v) is 4.76. The smallest absolute Gasteiger partial charge is 0.336 e. The summed E-state index contributed by atoms with van der Waals surface area (Å²) >= 11 is 0. The fraction of sp³-hybridized carbons (Fsp3) is 0.667. The third kappa shape index (κ3) is 1.19. The number of esters is 1. The summed E-state index contributed by atoms with van der Waals surface area (Å²) in [6, 6.07) is 0. The number of fused-ring (bicyclic) bond motifs is 1. The summed E-state index contributed by atoms with van der Waals surface area (Å²) in [5.74, 6) is -0.479. The van der Waals surface area contributed by atoms with Crippen LogP contribution in [0.2, 0.25) is 0 Å². The molecule has 4 heteroatoms. The zero-order chi connectivity index (χ0) is 12.0. The summed E-state index contributed by atoms with van der Waals surface area (Å²) in [5.41, 5.74) is -1.88. The Bertz CT molecular complexity index is 384. The van der Waals surface area contributed by atoms with E-state index >= 15 is 0 Å².